The number of hydrogen-bond donors (Lipinski definition) is 1. The van der Waals surface area contributed by atoms with Crippen LogP contribution in [0.1, 0.15) is 43.6 Å². The number of thiophene rings is 1. The maximum Gasteiger partial charge on any atom is 0.305 e. The van der Waals surface area contributed by atoms with Crippen molar-refractivity contribution in [2.45, 2.75) is 38.6 Å². The lowest BCUT2D eigenvalue weighted by atomic mass is 10.1. The van der Waals surface area contributed by atoms with E-state index in [0.717, 1.165) is 24.2 Å². The highest BCUT2D eigenvalue weighted by Crippen LogP contribution is 2.20. The molecule has 0 aliphatic heterocycles. The molecule has 2 rings (SSSR count). The first-order chi connectivity index (χ1) is 9.20. The van der Waals surface area contributed by atoms with E-state index in [4.69, 9.17) is 5.11 Å². The third kappa shape index (κ3) is 3.60. The van der Waals surface area contributed by atoms with Crippen LogP contribution in [0.4, 0.5) is 0 Å². The summed E-state index contributed by atoms with van der Waals surface area (Å²) in [7, 11) is 0. The van der Waals surface area contributed by atoms with Crippen LogP contribution in [0.5, 0.6) is 0 Å². The molecule has 7 heteroatoms. The molecule has 6 nitrogen and oxygen atoms in total. The molecule has 102 valence electrons. The maximum absolute atomic E-state index is 10.9. The van der Waals surface area contributed by atoms with Gasteiger partial charge in [-0.1, -0.05) is 13.3 Å². The van der Waals surface area contributed by atoms with E-state index >= 15 is 0 Å². The van der Waals surface area contributed by atoms with E-state index in [2.05, 4.69) is 15.5 Å². The van der Waals surface area contributed by atoms with Gasteiger partial charge >= 0.3 is 5.97 Å². The summed E-state index contributed by atoms with van der Waals surface area (Å²) < 4.78 is 1.66. The van der Waals surface area contributed by atoms with Crippen LogP contribution in [0.15, 0.2) is 16.8 Å². The van der Waals surface area contributed by atoms with Crippen LogP contribution in [0, 0.1) is 0 Å². The van der Waals surface area contributed by atoms with Crippen LogP contribution in [-0.4, -0.2) is 31.3 Å². The second-order valence-electron chi connectivity index (χ2n) is 4.39. The molecule has 2 heterocycles. The molecule has 2 aromatic rings. The molecular formula is C12H16N4O2S. The number of tetrazole rings is 1. The molecule has 0 aliphatic carbocycles. The van der Waals surface area contributed by atoms with Crippen molar-refractivity contribution < 1.29 is 9.90 Å². The zero-order valence-electron chi connectivity index (χ0n) is 10.7. The van der Waals surface area contributed by atoms with E-state index in [0.29, 0.717) is 6.42 Å². The number of carbonyl (C=O) groups is 1. The van der Waals surface area contributed by atoms with Gasteiger partial charge in [0.25, 0.3) is 0 Å². The van der Waals surface area contributed by atoms with E-state index in [1.165, 1.54) is 0 Å². The Kier molecular flexibility index (Phi) is 4.62. The number of nitrogens with zero attached hydrogens (tertiary/aromatic N) is 4. The molecule has 0 saturated carbocycles. The minimum atomic E-state index is -0.824. The summed E-state index contributed by atoms with van der Waals surface area (Å²) in [6.45, 7) is 2.03. The smallest absolute Gasteiger partial charge is 0.305 e. The van der Waals surface area contributed by atoms with Crippen molar-refractivity contribution in [1.29, 1.82) is 0 Å². The largest absolute Gasteiger partial charge is 0.481 e. The lowest BCUT2D eigenvalue weighted by Crippen LogP contribution is -2.18. The monoisotopic (exact) mass is 280 g/mol. The van der Waals surface area contributed by atoms with E-state index in [9.17, 15) is 4.79 Å². The van der Waals surface area contributed by atoms with Crippen molar-refractivity contribution in [3.63, 3.8) is 0 Å². The Hall–Kier alpha value is -1.76. The van der Waals surface area contributed by atoms with Gasteiger partial charge in [0.15, 0.2) is 5.82 Å². The van der Waals surface area contributed by atoms with E-state index in [1.54, 1.807) is 16.0 Å². The molecule has 0 fully saturated rings. The van der Waals surface area contributed by atoms with Crippen molar-refractivity contribution in [2.24, 2.45) is 0 Å². The van der Waals surface area contributed by atoms with Crippen molar-refractivity contribution >= 4 is 17.3 Å². The molecule has 2 aromatic heterocycles. The molecule has 0 aliphatic rings. The first-order valence-electron chi connectivity index (χ1n) is 6.20. The lowest BCUT2D eigenvalue weighted by molar-refractivity contribution is -0.138. The highest BCUT2D eigenvalue weighted by Gasteiger charge is 2.19. The normalized spacial score (nSPS) is 12.5. The van der Waals surface area contributed by atoms with Gasteiger partial charge in [-0.25, -0.2) is 4.68 Å². The van der Waals surface area contributed by atoms with Gasteiger partial charge < -0.3 is 5.11 Å². The Morgan fingerprint density at radius 1 is 1.58 bits per heavy atom. The summed E-state index contributed by atoms with van der Waals surface area (Å²) >= 11 is 1.62. The van der Waals surface area contributed by atoms with Crippen LogP contribution in [-0.2, 0) is 11.2 Å². The summed E-state index contributed by atoms with van der Waals surface area (Å²) in [5, 5.41) is 24.7. The SMILES string of the molecule is CCCC(CC(=O)O)n1nnnc1Cc1ccsc1. The molecule has 1 atom stereocenters. The number of carboxylic acids is 1. The highest BCUT2D eigenvalue weighted by molar-refractivity contribution is 7.07. The number of hydrogen-bond acceptors (Lipinski definition) is 5. The van der Waals surface area contributed by atoms with Crippen molar-refractivity contribution in [1.82, 2.24) is 20.2 Å². The molecule has 0 amide bonds. The molecule has 19 heavy (non-hydrogen) atoms. The van der Waals surface area contributed by atoms with Crippen molar-refractivity contribution in [3.05, 3.63) is 28.2 Å². The Bertz CT molecular complexity index is 524. The Balaban J connectivity index is 2.18. The number of rotatable bonds is 7. The van der Waals surface area contributed by atoms with Gasteiger partial charge in [0.05, 0.1) is 12.5 Å². The van der Waals surface area contributed by atoms with Gasteiger partial charge in [0, 0.05) is 6.42 Å². The first kappa shape index (κ1) is 13.7. The number of carboxylic acid groups (broad SMARTS) is 1. The standard InChI is InChI=1S/C12H16N4O2S/c1-2-3-10(7-12(17)18)16-11(13-14-15-16)6-9-4-5-19-8-9/h4-5,8,10H,2-3,6-7H2,1H3,(H,17,18). The maximum atomic E-state index is 10.9. The quantitative estimate of drug-likeness (QED) is 0.840. The fourth-order valence-electron chi connectivity index (χ4n) is 2.03. The number of aromatic nitrogens is 4. The molecule has 0 bridgehead atoms. The second kappa shape index (κ2) is 6.42. The third-order valence-corrected chi connectivity index (χ3v) is 3.61. The Morgan fingerprint density at radius 2 is 2.42 bits per heavy atom. The first-order valence-corrected chi connectivity index (χ1v) is 7.14. The van der Waals surface area contributed by atoms with Crippen LogP contribution < -0.4 is 0 Å². The van der Waals surface area contributed by atoms with E-state index in [1.807, 2.05) is 23.8 Å². The molecule has 0 saturated heterocycles. The zero-order valence-corrected chi connectivity index (χ0v) is 11.5. The number of aliphatic carboxylic acids is 1. The van der Waals surface area contributed by atoms with Crippen LogP contribution in [0.2, 0.25) is 0 Å². The minimum Gasteiger partial charge on any atom is -0.481 e. The Labute approximate surface area is 115 Å². The summed E-state index contributed by atoms with van der Waals surface area (Å²) in [4.78, 5) is 10.9. The summed E-state index contributed by atoms with van der Waals surface area (Å²) in [6, 6.07) is 1.85. The highest BCUT2D eigenvalue weighted by atomic mass is 32.1. The fraction of sp³-hybridized carbons (Fsp3) is 0.500. The van der Waals surface area contributed by atoms with Crippen LogP contribution in [0.3, 0.4) is 0 Å². The molecule has 0 radical (unpaired) electrons. The van der Waals surface area contributed by atoms with Gasteiger partial charge in [-0.15, -0.1) is 5.10 Å². The summed E-state index contributed by atoms with van der Waals surface area (Å²) in [5.41, 5.74) is 1.15. The van der Waals surface area contributed by atoms with Gasteiger partial charge in [-0.05, 0) is 39.2 Å². The average molecular weight is 280 g/mol. The molecule has 1 N–H and O–H groups in total. The lowest BCUT2D eigenvalue weighted by Gasteiger charge is -2.15. The molecular weight excluding hydrogens is 264 g/mol. The fourth-order valence-corrected chi connectivity index (χ4v) is 2.70. The third-order valence-electron chi connectivity index (χ3n) is 2.88. The topological polar surface area (TPSA) is 80.9 Å². The van der Waals surface area contributed by atoms with E-state index < -0.39 is 5.97 Å². The predicted octanol–water partition coefficient (Wildman–Crippen LogP) is 2.14. The average Bonchev–Trinajstić information content (AvgIpc) is 3.00. The van der Waals surface area contributed by atoms with E-state index in [-0.39, 0.29) is 12.5 Å². The van der Waals surface area contributed by atoms with Gasteiger partial charge in [0.1, 0.15) is 0 Å². The molecule has 0 spiro atoms. The van der Waals surface area contributed by atoms with Crippen molar-refractivity contribution in [3.8, 4) is 0 Å². The van der Waals surface area contributed by atoms with Crippen LogP contribution >= 0.6 is 11.3 Å². The molecule has 0 aromatic carbocycles. The van der Waals surface area contributed by atoms with Gasteiger partial charge in [-0.3, -0.25) is 4.79 Å². The van der Waals surface area contributed by atoms with Crippen LogP contribution in [0.25, 0.3) is 0 Å². The summed E-state index contributed by atoms with van der Waals surface area (Å²) in [6.07, 6.45) is 2.34. The molecule has 1 unspecified atom stereocenters. The minimum absolute atomic E-state index is 0.0511. The van der Waals surface area contributed by atoms with Gasteiger partial charge in [-0.2, -0.15) is 11.3 Å². The summed E-state index contributed by atoms with van der Waals surface area (Å²) in [5.74, 6) is -0.103. The van der Waals surface area contributed by atoms with Gasteiger partial charge in [0.2, 0.25) is 0 Å². The van der Waals surface area contributed by atoms with Crippen molar-refractivity contribution in [2.75, 3.05) is 0 Å². The predicted molar refractivity (Wildman–Crippen MR) is 71.1 cm³/mol. The second-order valence-corrected chi connectivity index (χ2v) is 5.17. The zero-order chi connectivity index (χ0) is 13.7. The Morgan fingerprint density at radius 3 is 3.05 bits per heavy atom.